The van der Waals surface area contributed by atoms with Gasteiger partial charge >= 0.3 is 18.1 Å². The van der Waals surface area contributed by atoms with E-state index in [1.807, 2.05) is 0 Å². The number of hydrogen-bond donors (Lipinski definition) is 2. The maximum absolute atomic E-state index is 12.0. The highest BCUT2D eigenvalue weighted by atomic mass is 19.4. The minimum atomic E-state index is -4.96. The molecule has 1 heterocycles. The van der Waals surface area contributed by atoms with Crippen molar-refractivity contribution in [2.45, 2.75) is 19.1 Å². The van der Waals surface area contributed by atoms with E-state index < -0.39 is 24.1 Å². The molecule has 0 aromatic carbocycles. The summed E-state index contributed by atoms with van der Waals surface area (Å²) in [4.78, 5) is 24.9. The smallest absolute Gasteiger partial charge is 0.471 e. The lowest BCUT2D eigenvalue weighted by atomic mass is 10.2. The summed E-state index contributed by atoms with van der Waals surface area (Å²) in [5.74, 6) is -3.26. The third-order valence-electron chi connectivity index (χ3n) is 2.08. The highest BCUT2D eigenvalue weighted by Crippen LogP contribution is 2.17. The van der Waals surface area contributed by atoms with Crippen molar-refractivity contribution >= 4 is 11.9 Å². The summed E-state index contributed by atoms with van der Waals surface area (Å²) in [6.45, 7) is 1.31. The van der Waals surface area contributed by atoms with E-state index >= 15 is 0 Å². The Bertz CT molecular complexity index is 456. The van der Waals surface area contributed by atoms with Gasteiger partial charge in [-0.05, 0) is 19.1 Å². The van der Waals surface area contributed by atoms with Crippen LogP contribution in [0.15, 0.2) is 18.3 Å². The summed E-state index contributed by atoms with van der Waals surface area (Å²) in [5.41, 5.74) is 0.0469. The molecule has 0 aliphatic heterocycles. The third-order valence-corrected chi connectivity index (χ3v) is 2.08. The number of amides is 1. The Labute approximate surface area is 99.6 Å². The summed E-state index contributed by atoms with van der Waals surface area (Å²) in [6, 6.07) is 1.47. The SMILES string of the molecule is CC(NC(=O)C(F)(F)F)c1ccc(C(=O)O)cn1. The van der Waals surface area contributed by atoms with Crippen molar-refractivity contribution in [3.8, 4) is 0 Å². The van der Waals surface area contributed by atoms with Crippen molar-refractivity contribution in [1.29, 1.82) is 0 Å². The van der Waals surface area contributed by atoms with Gasteiger partial charge in [-0.15, -0.1) is 0 Å². The van der Waals surface area contributed by atoms with E-state index in [9.17, 15) is 22.8 Å². The summed E-state index contributed by atoms with van der Waals surface area (Å²) < 4.78 is 36.0. The van der Waals surface area contributed by atoms with E-state index in [1.165, 1.54) is 19.1 Å². The molecule has 1 unspecified atom stereocenters. The van der Waals surface area contributed by atoms with Gasteiger partial charge in [0.1, 0.15) is 0 Å². The van der Waals surface area contributed by atoms with Crippen molar-refractivity contribution in [2.75, 3.05) is 0 Å². The predicted octanol–water partition coefficient (Wildman–Crippen LogP) is 1.52. The molecule has 0 bridgehead atoms. The fourth-order valence-corrected chi connectivity index (χ4v) is 1.14. The largest absolute Gasteiger partial charge is 0.478 e. The Hall–Kier alpha value is -2.12. The van der Waals surface area contributed by atoms with Crippen LogP contribution in [-0.4, -0.2) is 28.1 Å². The number of carboxylic acids is 1. The van der Waals surface area contributed by atoms with Crippen LogP contribution in [0.2, 0.25) is 0 Å². The van der Waals surface area contributed by atoms with Gasteiger partial charge < -0.3 is 10.4 Å². The average Bonchev–Trinajstić information content (AvgIpc) is 2.27. The maximum Gasteiger partial charge on any atom is 0.471 e. The van der Waals surface area contributed by atoms with E-state index in [-0.39, 0.29) is 11.3 Å². The monoisotopic (exact) mass is 262 g/mol. The number of rotatable bonds is 3. The van der Waals surface area contributed by atoms with Crippen LogP contribution in [0.3, 0.4) is 0 Å². The van der Waals surface area contributed by atoms with Crippen molar-refractivity contribution < 1.29 is 27.9 Å². The number of nitrogens with zero attached hydrogens (tertiary/aromatic N) is 1. The fourth-order valence-electron chi connectivity index (χ4n) is 1.14. The first-order valence-corrected chi connectivity index (χ1v) is 4.78. The van der Waals surface area contributed by atoms with Gasteiger partial charge in [0.15, 0.2) is 0 Å². The molecule has 1 amide bonds. The summed E-state index contributed by atoms with van der Waals surface area (Å²) in [7, 11) is 0. The Balaban J connectivity index is 2.76. The molecule has 5 nitrogen and oxygen atoms in total. The molecular formula is C10H9F3N2O3. The average molecular weight is 262 g/mol. The van der Waals surface area contributed by atoms with Crippen molar-refractivity contribution in [1.82, 2.24) is 10.3 Å². The second-order valence-corrected chi connectivity index (χ2v) is 3.47. The van der Waals surface area contributed by atoms with Gasteiger partial charge in [0.05, 0.1) is 17.3 Å². The van der Waals surface area contributed by atoms with E-state index in [0.29, 0.717) is 0 Å². The summed E-state index contributed by atoms with van der Waals surface area (Å²) in [6.07, 6.45) is -3.96. The van der Waals surface area contributed by atoms with E-state index in [4.69, 9.17) is 5.11 Å². The molecule has 1 aromatic heterocycles. The van der Waals surface area contributed by atoms with Crippen LogP contribution in [0, 0.1) is 0 Å². The van der Waals surface area contributed by atoms with Gasteiger partial charge in [0, 0.05) is 6.20 Å². The van der Waals surface area contributed by atoms with Crippen molar-refractivity contribution in [3.05, 3.63) is 29.6 Å². The number of carboxylic acid groups (broad SMARTS) is 1. The zero-order valence-corrected chi connectivity index (χ0v) is 9.15. The molecule has 0 fully saturated rings. The molecule has 0 radical (unpaired) electrons. The van der Waals surface area contributed by atoms with E-state index in [0.717, 1.165) is 6.20 Å². The molecule has 0 saturated heterocycles. The molecule has 0 aliphatic carbocycles. The number of aromatic carboxylic acids is 1. The topological polar surface area (TPSA) is 79.3 Å². The fraction of sp³-hybridized carbons (Fsp3) is 0.300. The number of nitrogens with one attached hydrogen (secondary N) is 1. The second-order valence-electron chi connectivity index (χ2n) is 3.47. The van der Waals surface area contributed by atoms with Crippen LogP contribution in [-0.2, 0) is 4.79 Å². The quantitative estimate of drug-likeness (QED) is 0.865. The van der Waals surface area contributed by atoms with E-state index in [1.54, 1.807) is 5.32 Å². The maximum atomic E-state index is 12.0. The summed E-state index contributed by atoms with van der Waals surface area (Å²) in [5, 5.41) is 10.3. The molecule has 2 N–H and O–H groups in total. The Morgan fingerprint density at radius 2 is 2.00 bits per heavy atom. The number of carbonyl (C=O) groups excluding carboxylic acids is 1. The molecule has 0 saturated carbocycles. The lowest BCUT2D eigenvalue weighted by Crippen LogP contribution is -2.38. The van der Waals surface area contributed by atoms with Gasteiger partial charge in [-0.25, -0.2) is 4.79 Å². The van der Waals surface area contributed by atoms with Gasteiger partial charge in [0.2, 0.25) is 0 Å². The number of pyridine rings is 1. The minimum Gasteiger partial charge on any atom is -0.478 e. The van der Waals surface area contributed by atoms with Crippen molar-refractivity contribution in [3.63, 3.8) is 0 Å². The van der Waals surface area contributed by atoms with Gasteiger partial charge in [0.25, 0.3) is 0 Å². The molecule has 1 atom stereocenters. The van der Waals surface area contributed by atoms with Gasteiger partial charge in [-0.2, -0.15) is 13.2 Å². The number of hydrogen-bond acceptors (Lipinski definition) is 3. The number of halogens is 3. The highest BCUT2D eigenvalue weighted by Gasteiger charge is 2.39. The van der Waals surface area contributed by atoms with Crippen LogP contribution >= 0.6 is 0 Å². The molecule has 1 rings (SSSR count). The normalized spacial score (nSPS) is 12.9. The van der Waals surface area contributed by atoms with Crippen LogP contribution < -0.4 is 5.32 Å². The molecule has 18 heavy (non-hydrogen) atoms. The molecule has 0 aliphatic rings. The first-order chi connectivity index (χ1) is 8.21. The zero-order chi connectivity index (χ0) is 13.9. The second kappa shape index (κ2) is 5.03. The van der Waals surface area contributed by atoms with E-state index in [2.05, 4.69) is 4.98 Å². The lowest BCUT2D eigenvalue weighted by Gasteiger charge is -2.14. The first kappa shape index (κ1) is 13.9. The van der Waals surface area contributed by atoms with Gasteiger partial charge in [-0.1, -0.05) is 0 Å². The zero-order valence-electron chi connectivity index (χ0n) is 9.15. The third kappa shape index (κ3) is 3.44. The van der Waals surface area contributed by atoms with Crippen molar-refractivity contribution in [2.24, 2.45) is 0 Å². The molecular weight excluding hydrogens is 253 g/mol. The standard InChI is InChI=1S/C10H9F3N2O3/c1-5(15-9(18)10(11,12)13)7-3-2-6(4-14-7)8(16)17/h2-5H,1H3,(H,15,18)(H,16,17). The van der Waals surface area contributed by atoms with Crippen LogP contribution in [0.25, 0.3) is 0 Å². The molecule has 98 valence electrons. The van der Waals surface area contributed by atoms with Crippen LogP contribution in [0.4, 0.5) is 13.2 Å². The molecule has 1 aromatic rings. The Morgan fingerprint density at radius 1 is 1.39 bits per heavy atom. The minimum absolute atomic E-state index is 0.0897. The Kier molecular flexibility index (Phi) is 3.89. The number of alkyl halides is 3. The molecule has 8 heteroatoms. The van der Waals surface area contributed by atoms with Gasteiger partial charge in [-0.3, -0.25) is 9.78 Å². The van der Waals surface area contributed by atoms with Crippen LogP contribution in [0.1, 0.15) is 29.0 Å². The number of carbonyl (C=O) groups is 2. The summed E-state index contributed by atoms with van der Waals surface area (Å²) >= 11 is 0. The Morgan fingerprint density at radius 3 is 2.39 bits per heavy atom. The lowest BCUT2D eigenvalue weighted by molar-refractivity contribution is -0.174. The number of aromatic nitrogens is 1. The molecule has 0 spiro atoms. The highest BCUT2D eigenvalue weighted by molar-refractivity contribution is 5.87. The van der Waals surface area contributed by atoms with Crippen LogP contribution in [0.5, 0.6) is 0 Å². The first-order valence-electron chi connectivity index (χ1n) is 4.78. The predicted molar refractivity (Wildman–Crippen MR) is 53.8 cm³/mol.